The average Bonchev–Trinajstić information content (AvgIpc) is 2.40. The van der Waals surface area contributed by atoms with Crippen molar-refractivity contribution in [1.29, 1.82) is 0 Å². The molecule has 3 N–H and O–H groups in total. The number of urea groups is 1. The molecule has 0 atom stereocenters. The SMILES string of the molecule is NC(=O)N(c1ccccc1)c1ccc(Cl)c(Cl)c1O. The summed E-state index contributed by atoms with van der Waals surface area (Å²) < 4.78 is 0. The summed E-state index contributed by atoms with van der Waals surface area (Å²) >= 11 is 11.6. The third-order valence-corrected chi connectivity index (χ3v) is 3.32. The first kappa shape index (κ1) is 13.5. The molecule has 0 aliphatic rings. The molecule has 4 nitrogen and oxygen atoms in total. The highest BCUT2D eigenvalue weighted by Gasteiger charge is 2.20. The van der Waals surface area contributed by atoms with Gasteiger partial charge in [-0.2, -0.15) is 0 Å². The predicted octanol–water partition coefficient (Wildman–Crippen LogP) is 3.92. The second kappa shape index (κ2) is 5.38. The number of aromatic hydroxyl groups is 1. The number of carbonyl (C=O) groups is 1. The maximum Gasteiger partial charge on any atom is 0.324 e. The molecule has 0 aromatic heterocycles. The summed E-state index contributed by atoms with van der Waals surface area (Å²) in [5.74, 6) is -0.295. The number of carbonyl (C=O) groups excluding carboxylic acids is 1. The molecule has 0 unspecified atom stereocenters. The molecule has 0 bridgehead atoms. The zero-order valence-electron chi connectivity index (χ0n) is 9.68. The van der Waals surface area contributed by atoms with E-state index in [0.717, 1.165) is 4.90 Å². The highest BCUT2D eigenvalue weighted by molar-refractivity contribution is 6.43. The van der Waals surface area contributed by atoms with Gasteiger partial charge in [-0.1, -0.05) is 41.4 Å². The van der Waals surface area contributed by atoms with Crippen LogP contribution in [-0.2, 0) is 0 Å². The molecule has 6 heteroatoms. The number of amides is 2. The summed E-state index contributed by atoms with van der Waals surface area (Å²) in [7, 11) is 0. The number of para-hydroxylation sites is 1. The molecule has 0 heterocycles. The number of primary amides is 1. The van der Waals surface area contributed by atoms with Crippen molar-refractivity contribution in [1.82, 2.24) is 0 Å². The lowest BCUT2D eigenvalue weighted by atomic mass is 10.2. The Morgan fingerprint density at radius 2 is 1.74 bits per heavy atom. The fourth-order valence-corrected chi connectivity index (χ4v) is 1.98. The molecule has 0 radical (unpaired) electrons. The smallest absolute Gasteiger partial charge is 0.324 e. The van der Waals surface area contributed by atoms with Crippen molar-refractivity contribution < 1.29 is 9.90 Å². The third-order valence-electron chi connectivity index (χ3n) is 2.52. The van der Waals surface area contributed by atoms with E-state index in [9.17, 15) is 9.90 Å². The van der Waals surface area contributed by atoms with E-state index >= 15 is 0 Å². The standard InChI is InChI=1S/C13H10Cl2N2O2/c14-9-6-7-10(12(18)11(9)15)17(13(16)19)8-4-2-1-3-5-8/h1-7,18H,(H2,16,19). The van der Waals surface area contributed by atoms with Crippen LogP contribution < -0.4 is 10.6 Å². The maximum atomic E-state index is 11.6. The Morgan fingerprint density at radius 1 is 1.11 bits per heavy atom. The fraction of sp³-hybridized carbons (Fsp3) is 0. The van der Waals surface area contributed by atoms with E-state index < -0.39 is 6.03 Å². The van der Waals surface area contributed by atoms with Crippen molar-refractivity contribution in [2.75, 3.05) is 4.90 Å². The van der Waals surface area contributed by atoms with Gasteiger partial charge in [0.2, 0.25) is 0 Å². The number of anilines is 2. The first-order valence-corrected chi connectivity index (χ1v) is 6.09. The number of nitrogens with two attached hydrogens (primary N) is 1. The minimum Gasteiger partial charge on any atom is -0.504 e. The molecule has 2 aromatic rings. The zero-order valence-corrected chi connectivity index (χ0v) is 11.2. The topological polar surface area (TPSA) is 66.6 Å². The normalized spacial score (nSPS) is 10.2. The highest BCUT2D eigenvalue weighted by Crippen LogP contribution is 2.41. The van der Waals surface area contributed by atoms with Crippen molar-refractivity contribution in [3.8, 4) is 5.75 Å². The van der Waals surface area contributed by atoms with Gasteiger partial charge < -0.3 is 10.8 Å². The van der Waals surface area contributed by atoms with Crippen molar-refractivity contribution >= 4 is 40.6 Å². The van der Waals surface area contributed by atoms with Gasteiger partial charge in [0.15, 0.2) is 5.75 Å². The van der Waals surface area contributed by atoms with E-state index in [1.54, 1.807) is 30.3 Å². The monoisotopic (exact) mass is 296 g/mol. The highest BCUT2D eigenvalue weighted by atomic mass is 35.5. The van der Waals surface area contributed by atoms with Gasteiger partial charge >= 0.3 is 6.03 Å². The predicted molar refractivity (Wildman–Crippen MR) is 76.3 cm³/mol. The van der Waals surface area contributed by atoms with E-state index in [0.29, 0.717) is 5.69 Å². The van der Waals surface area contributed by atoms with Crippen molar-refractivity contribution in [2.24, 2.45) is 5.73 Å². The van der Waals surface area contributed by atoms with Crippen LogP contribution in [0.4, 0.5) is 16.2 Å². The molecule has 0 saturated carbocycles. The minimum absolute atomic E-state index is 0.0265. The molecule has 0 saturated heterocycles. The molecule has 98 valence electrons. The second-order valence-corrected chi connectivity index (χ2v) is 4.52. The zero-order chi connectivity index (χ0) is 14.0. The molecule has 2 rings (SSSR count). The Balaban J connectivity index is 2.59. The van der Waals surface area contributed by atoms with E-state index in [1.807, 2.05) is 0 Å². The number of benzene rings is 2. The van der Waals surface area contributed by atoms with Crippen LogP contribution >= 0.6 is 23.2 Å². The van der Waals surface area contributed by atoms with Crippen LogP contribution in [0.3, 0.4) is 0 Å². The van der Waals surface area contributed by atoms with Crippen molar-refractivity contribution in [2.45, 2.75) is 0 Å². The minimum atomic E-state index is -0.736. The summed E-state index contributed by atoms with van der Waals surface area (Å²) in [5, 5.41) is 10.2. The molecular formula is C13H10Cl2N2O2. The van der Waals surface area contributed by atoms with Gasteiger partial charge in [-0.25, -0.2) is 4.79 Å². The largest absolute Gasteiger partial charge is 0.504 e. The van der Waals surface area contributed by atoms with Gasteiger partial charge in [-0.15, -0.1) is 0 Å². The van der Waals surface area contributed by atoms with Crippen LogP contribution in [0.15, 0.2) is 42.5 Å². The molecule has 2 amide bonds. The van der Waals surface area contributed by atoms with Crippen LogP contribution in [0.2, 0.25) is 10.0 Å². The van der Waals surface area contributed by atoms with Gasteiger partial charge in [0.05, 0.1) is 16.4 Å². The number of nitrogens with zero attached hydrogens (tertiary/aromatic N) is 1. The summed E-state index contributed by atoms with van der Waals surface area (Å²) in [4.78, 5) is 12.8. The lowest BCUT2D eigenvalue weighted by Gasteiger charge is -2.22. The van der Waals surface area contributed by atoms with Crippen molar-refractivity contribution in [3.63, 3.8) is 0 Å². The summed E-state index contributed by atoms with van der Waals surface area (Å²) in [5.41, 5.74) is 6.05. The Bertz CT molecular complexity index is 618. The third kappa shape index (κ3) is 2.59. The van der Waals surface area contributed by atoms with Gasteiger partial charge in [0.1, 0.15) is 5.02 Å². The Hall–Kier alpha value is -1.91. The number of phenols is 1. The second-order valence-electron chi connectivity index (χ2n) is 3.74. The van der Waals surface area contributed by atoms with E-state index in [4.69, 9.17) is 28.9 Å². The van der Waals surface area contributed by atoms with Gasteiger partial charge in [-0.3, -0.25) is 4.90 Å². The van der Waals surface area contributed by atoms with Crippen LogP contribution in [0, 0.1) is 0 Å². The lowest BCUT2D eigenvalue weighted by Crippen LogP contribution is -2.31. The molecule has 0 aliphatic carbocycles. The van der Waals surface area contributed by atoms with Crippen LogP contribution in [-0.4, -0.2) is 11.1 Å². The molecule has 0 fully saturated rings. The fourth-order valence-electron chi connectivity index (χ4n) is 1.67. The average molecular weight is 297 g/mol. The summed E-state index contributed by atoms with van der Waals surface area (Å²) in [6.45, 7) is 0. The molecule has 19 heavy (non-hydrogen) atoms. The molecule has 2 aromatic carbocycles. The molecule has 0 aliphatic heterocycles. The lowest BCUT2D eigenvalue weighted by molar-refractivity contribution is 0.256. The van der Waals surface area contributed by atoms with Crippen LogP contribution in [0.25, 0.3) is 0 Å². The number of halogens is 2. The van der Waals surface area contributed by atoms with Crippen LogP contribution in [0.1, 0.15) is 0 Å². The quantitative estimate of drug-likeness (QED) is 0.882. The van der Waals surface area contributed by atoms with Gasteiger partial charge in [0, 0.05) is 0 Å². The summed E-state index contributed by atoms with van der Waals surface area (Å²) in [6, 6.07) is 10.9. The number of rotatable bonds is 2. The maximum absolute atomic E-state index is 11.6. The van der Waals surface area contributed by atoms with E-state index in [1.165, 1.54) is 12.1 Å². The molecular weight excluding hydrogens is 287 g/mol. The first-order valence-electron chi connectivity index (χ1n) is 5.34. The number of phenolic OH excluding ortho intramolecular Hbond substituents is 1. The first-order chi connectivity index (χ1) is 9.02. The van der Waals surface area contributed by atoms with E-state index in [-0.39, 0.29) is 21.5 Å². The Kier molecular flexibility index (Phi) is 3.83. The Labute approximate surface area is 120 Å². The number of hydrogen-bond acceptors (Lipinski definition) is 2. The Morgan fingerprint density at radius 3 is 2.32 bits per heavy atom. The number of hydrogen-bond donors (Lipinski definition) is 2. The van der Waals surface area contributed by atoms with Crippen LogP contribution in [0.5, 0.6) is 5.75 Å². The summed E-state index contributed by atoms with van der Waals surface area (Å²) in [6.07, 6.45) is 0. The molecule has 0 spiro atoms. The van der Waals surface area contributed by atoms with E-state index in [2.05, 4.69) is 0 Å². The van der Waals surface area contributed by atoms with Gasteiger partial charge in [-0.05, 0) is 24.3 Å². The van der Waals surface area contributed by atoms with Crippen molar-refractivity contribution in [3.05, 3.63) is 52.5 Å². The van der Waals surface area contributed by atoms with Gasteiger partial charge in [0.25, 0.3) is 0 Å².